The highest BCUT2D eigenvalue weighted by atomic mass is 32.1. The van der Waals surface area contributed by atoms with Crippen LogP contribution in [-0.2, 0) is 12.8 Å². The number of benzene rings is 1. The Hall–Kier alpha value is -1.86. The van der Waals surface area contributed by atoms with Gasteiger partial charge in [-0.2, -0.15) is 5.26 Å². The van der Waals surface area contributed by atoms with Gasteiger partial charge in [0.25, 0.3) is 0 Å². The monoisotopic (exact) mass is 286 g/mol. The number of rotatable bonds is 5. The molecule has 0 aliphatic rings. The van der Waals surface area contributed by atoms with Crippen molar-refractivity contribution in [2.45, 2.75) is 33.6 Å². The SMILES string of the molecule is Cc1ccc(C)c(OCCc2nc(C)c(CC#N)s2)c1. The smallest absolute Gasteiger partial charge is 0.122 e. The molecule has 4 heteroatoms. The predicted octanol–water partition coefficient (Wildman–Crippen LogP) is 3.76. The number of hydrogen-bond acceptors (Lipinski definition) is 4. The van der Waals surface area contributed by atoms with E-state index in [1.165, 1.54) is 5.56 Å². The van der Waals surface area contributed by atoms with E-state index < -0.39 is 0 Å². The number of nitriles is 1. The lowest BCUT2D eigenvalue weighted by Crippen LogP contribution is -2.02. The summed E-state index contributed by atoms with van der Waals surface area (Å²) in [6.07, 6.45) is 1.23. The number of nitrogens with zero attached hydrogens (tertiary/aromatic N) is 2. The third-order valence-electron chi connectivity index (χ3n) is 3.09. The number of ether oxygens (including phenoxy) is 1. The van der Waals surface area contributed by atoms with Crippen LogP contribution in [-0.4, -0.2) is 11.6 Å². The average molecular weight is 286 g/mol. The molecule has 0 atom stereocenters. The topological polar surface area (TPSA) is 45.9 Å². The van der Waals surface area contributed by atoms with Crippen molar-refractivity contribution in [2.75, 3.05) is 6.61 Å². The fourth-order valence-electron chi connectivity index (χ4n) is 1.94. The van der Waals surface area contributed by atoms with Gasteiger partial charge in [-0.25, -0.2) is 4.98 Å². The third-order valence-corrected chi connectivity index (χ3v) is 4.31. The lowest BCUT2D eigenvalue weighted by molar-refractivity contribution is 0.319. The minimum Gasteiger partial charge on any atom is -0.493 e. The highest BCUT2D eigenvalue weighted by molar-refractivity contribution is 7.11. The van der Waals surface area contributed by atoms with Crippen LogP contribution in [0.3, 0.4) is 0 Å². The molecule has 0 amide bonds. The summed E-state index contributed by atoms with van der Waals surface area (Å²) in [4.78, 5) is 5.55. The van der Waals surface area contributed by atoms with E-state index in [0.717, 1.165) is 33.3 Å². The summed E-state index contributed by atoms with van der Waals surface area (Å²) in [5, 5.41) is 9.78. The lowest BCUT2D eigenvalue weighted by atomic mass is 10.1. The van der Waals surface area contributed by atoms with Crippen LogP contribution in [0.5, 0.6) is 5.75 Å². The molecule has 0 aliphatic heterocycles. The summed E-state index contributed by atoms with van der Waals surface area (Å²) < 4.78 is 5.83. The predicted molar refractivity (Wildman–Crippen MR) is 81.3 cm³/mol. The minimum absolute atomic E-state index is 0.446. The van der Waals surface area contributed by atoms with Gasteiger partial charge in [0.05, 0.1) is 29.8 Å². The standard InChI is InChI=1S/C16H18N2OS/c1-11-4-5-12(2)14(10-11)19-9-7-16-18-13(3)15(20-16)6-8-17/h4-5,10H,6-7,9H2,1-3H3. The molecule has 20 heavy (non-hydrogen) atoms. The van der Waals surface area contributed by atoms with Crippen LogP contribution in [0.2, 0.25) is 0 Å². The normalized spacial score (nSPS) is 10.3. The lowest BCUT2D eigenvalue weighted by Gasteiger charge is -2.08. The first kappa shape index (κ1) is 14.5. The van der Waals surface area contributed by atoms with Crippen LogP contribution in [0.4, 0.5) is 0 Å². The second kappa shape index (κ2) is 6.53. The summed E-state index contributed by atoms with van der Waals surface area (Å²) in [5.41, 5.74) is 3.32. The second-order valence-electron chi connectivity index (χ2n) is 4.82. The quantitative estimate of drug-likeness (QED) is 0.840. The first-order valence-corrected chi connectivity index (χ1v) is 7.44. The van der Waals surface area contributed by atoms with Crippen LogP contribution >= 0.6 is 11.3 Å². The first-order chi connectivity index (χ1) is 9.60. The second-order valence-corrected chi connectivity index (χ2v) is 5.99. The largest absolute Gasteiger partial charge is 0.493 e. The van der Waals surface area contributed by atoms with Gasteiger partial charge < -0.3 is 4.74 Å². The van der Waals surface area contributed by atoms with E-state index in [-0.39, 0.29) is 0 Å². The van der Waals surface area contributed by atoms with Gasteiger partial charge in [0, 0.05) is 11.3 Å². The maximum Gasteiger partial charge on any atom is 0.122 e. The van der Waals surface area contributed by atoms with Crippen LogP contribution < -0.4 is 4.74 Å². The van der Waals surface area contributed by atoms with E-state index in [2.05, 4.69) is 36.2 Å². The Bertz CT molecular complexity index is 640. The zero-order valence-electron chi connectivity index (χ0n) is 12.1. The van der Waals surface area contributed by atoms with Gasteiger partial charge in [0.1, 0.15) is 5.75 Å². The van der Waals surface area contributed by atoms with E-state index in [1.807, 2.05) is 13.8 Å². The molecule has 0 aliphatic carbocycles. The van der Waals surface area contributed by atoms with Crippen molar-refractivity contribution in [3.05, 3.63) is 44.9 Å². The van der Waals surface area contributed by atoms with Gasteiger partial charge in [-0.15, -0.1) is 11.3 Å². The highest BCUT2D eigenvalue weighted by Gasteiger charge is 2.07. The number of aromatic nitrogens is 1. The molecule has 2 rings (SSSR count). The number of hydrogen-bond donors (Lipinski definition) is 0. The minimum atomic E-state index is 0.446. The van der Waals surface area contributed by atoms with Crippen molar-refractivity contribution in [3.8, 4) is 11.8 Å². The van der Waals surface area contributed by atoms with Gasteiger partial charge in [-0.05, 0) is 38.0 Å². The van der Waals surface area contributed by atoms with E-state index in [0.29, 0.717) is 13.0 Å². The van der Waals surface area contributed by atoms with Crippen molar-refractivity contribution < 1.29 is 4.74 Å². The summed E-state index contributed by atoms with van der Waals surface area (Å²) >= 11 is 1.61. The van der Waals surface area contributed by atoms with Crippen LogP contribution in [0.15, 0.2) is 18.2 Å². The Balaban J connectivity index is 1.94. The van der Waals surface area contributed by atoms with E-state index in [9.17, 15) is 0 Å². The molecule has 104 valence electrons. The van der Waals surface area contributed by atoms with Gasteiger partial charge in [0.15, 0.2) is 0 Å². The Kier molecular flexibility index (Phi) is 4.75. The maximum atomic E-state index is 8.74. The van der Waals surface area contributed by atoms with Crippen molar-refractivity contribution in [1.29, 1.82) is 5.26 Å². The molecular weight excluding hydrogens is 268 g/mol. The molecule has 0 unspecified atom stereocenters. The molecule has 1 aromatic heterocycles. The molecule has 0 spiro atoms. The Morgan fingerprint density at radius 2 is 2.10 bits per heavy atom. The molecule has 0 saturated carbocycles. The van der Waals surface area contributed by atoms with Gasteiger partial charge in [-0.3, -0.25) is 0 Å². The molecule has 3 nitrogen and oxygen atoms in total. The van der Waals surface area contributed by atoms with Crippen molar-refractivity contribution in [2.24, 2.45) is 0 Å². The molecule has 0 radical (unpaired) electrons. The maximum absolute atomic E-state index is 8.74. The molecule has 0 fully saturated rings. The van der Waals surface area contributed by atoms with Gasteiger partial charge >= 0.3 is 0 Å². The average Bonchev–Trinajstić information content (AvgIpc) is 2.75. The van der Waals surface area contributed by atoms with Crippen LogP contribution in [0, 0.1) is 32.1 Å². The van der Waals surface area contributed by atoms with E-state index in [1.54, 1.807) is 11.3 Å². The fraction of sp³-hybridized carbons (Fsp3) is 0.375. The molecule has 0 N–H and O–H groups in total. The van der Waals surface area contributed by atoms with Crippen molar-refractivity contribution in [3.63, 3.8) is 0 Å². The molecule has 1 aromatic carbocycles. The highest BCUT2D eigenvalue weighted by Crippen LogP contribution is 2.21. The van der Waals surface area contributed by atoms with Crippen LogP contribution in [0.1, 0.15) is 26.7 Å². The Labute approximate surface area is 123 Å². The summed E-state index contributed by atoms with van der Waals surface area (Å²) in [6, 6.07) is 8.39. The summed E-state index contributed by atoms with van der Waals surface area (Å²) in [6.45, 7) is 6.68. The third kappa shape index (κ3) is 3.58. The fourth-order valence-corrected chi connectivity index (χ4v) is 2.92. The van der Waals surface area contributed by atoms with Crippen LogP contribution in [0.25, 0.3) is 0 Å². The summed E-state index contributed by atoms with van der Waals surface area (Å²) in [7, 11) is 0. The number of thiazole rings is 1. The van der Waals surface area contributed by atoms with E-state index in [4.69, 9.17) is 10.00 Å². The van der Waals surface area contributed by atoms with Gasteiger partial charge in [0.2, 0.25) is 0 Å². The summed E-state index contributed by atoms with van der Waals surface area (Å²) in [5.74, 6) is 0.940. The van der Waals surface area contributed by atoms with E-state index >= 15 is 0 Å². The Morgan fingerprint density at radius 3 is 2.85 bits per heavy atom. The molecule has 0 saturated heterocycles. The molecule has 1 heterocycles. The Morgan fingerprint density at radius 1 is 1.30 bits per heavy atom. The zero-order chi connectivity index (χ0) is 14.5. The molecule has 2 aromatic rings. The van der Waals surface area contributed by atoms with Crippen molar-refractivity contribution >= 4 is 11.3 Å². The molecular formula is C16H18N2OS. The molecule has 0 bridgehead atoms. The van der Waals surface area contributed by atoms with Gasteiger partial charge in [-0.1, -0.05) is 12.1 Å². The first-order valence-electron chi connectivity index (χ1n) is 6.62. The zero-order valence-corrected chi connectivity index (χ0v) is 12.9. The number of aryl methyl sites for hydroxylation is 3. The van der Waals surface area contributed by atoms with Crippen molar-refractivity contribution in [1.82, 2.24) is 4.98 Å².